The Bertz CT molecular complexity index is 278. The number of hydrogen-bond donors (Lipinski definition) is 1. The SMILES string of the molecule is CCCCCCCCCCCC=S(=O)(O)CCC. The van der Waals surface area contributed by atoms with E-state index >= 15 is 0 Å². The molecule has 18 heavy (non-hydrogen) atoms. The average molecular weight is 276 g/mol. The van der Waals surface area contributed by atoms with Gasteiger partial charge in [0.2, 0.25) is 0 Å². The monoisotopic (exact) mass is 276 g/mol. The van der Waals surface area contributed by atoms with Crippen LogP contribution in [0, 0.1) is 0 Å². The molecule has 0 aliphatic carbocycles. The fraction of sp³-hybridized carbons (Fsp3) is 0.933. The third-order valence-corrected chi connectivity index (χ3v) is 4.93. The summed E-state index contributed by atoms with van der Waals surface area (Å²) in [5.41, 5.74) is 0. The van der Waals surface area contributed by atoms with Gasteiger partial charge >= 0.3 is 0 Å². The highest BCUT2D eigenvalue weighted by Crippen LogP contribution is 2.10. The summed E-state index contributed by atoms with van der Waals surface area (Å²) in [5.74, 6) is 0.421. The van der Waals surface area contributed by atoms with Crippen molar-refractivity contribution >= 4 is 15.2 Å². The first-order chi connectivity index (χ1) is 8.62. The van der Waals surface area contributed by atoms with Gasteiger partial charge in [-0.25, -0.2) is 4.21 Å². The van der Waals surface area contributed by atoms with Crippen molar-refractivity contribution in [3.05, 3.63) is 0 Å². The molecule has 0 rings (SSSR count). The van der Waals surface area contributed by atoms with E-state index in [0.717, 1.165) is 19.3 Å². The second-order valence-corrected chi connectivity index (χ2v) is 7.30. The predicted octanol–water partition coefficient (Wildman–Crippen LogP) is 4.88. The van der Waals surface area contributed by atoms with E-state index in [0.29, 0.717) is 5.75 Å². The van der Waals surface area contributed by atoms with Crippen LogP contribution in [-0.2, 0) is 9.80 Å². The van der Waals surface area contributed by atoms with Crippen LogP contribution in [-0.4, -0.2) is 19.9 Å². The maximum absolute atomic E-state index is 11.5. The summed E-state index contributed by atoms with van der Waals surface area (Å²) in [4.78, 5) is 0. The predicted molar refractivity (Wildman–Crippen MR) is 83.8 cm³/mol. The van der Waals surface area contributed by atoms with E-state index in [1.165, 1.54) is 51.4 Å². The van der Waals surface area contributed by atoms with Gasteiger partial charge in [0.15, 0.2) is 0 Å². The molecule has 0 spiro atoms. The lowest BCUT2D eigenvalue weighted by atomic mass is 10.1. The summed E-state index contributed by atoms with van der Waals surface area (Å²) in [7, 11) is -2.61. The van der Waals surface area contributed by atoms with Gasteiger partial charge in [-0.3, -0.25) is 0 Å². The van der Waals surface area contributed by atoms with Crippen molar-refractivity contribution < 1.29 is 8.76 Å². The van der Waals surface area contributed by atoms with E-state index in [2.05, 4.69) is 6.92 Å². The molecule has 0 fully saturated rings. The van der Waals surface area contributed by atoms with Crippen LogP contribution < -0.4 is 0 Å². The average Bonchev–Trinajstić information content (AvgIpc) is 2.31. The molecular formula is C15H32O2S. The van der Waals surface area contributed by atoms with Crippen LogP contribution in [0.4, 0.5) is 0 Å². The maximum Gasteiger partial charge on any atom is 0.0776 e. The molecule has 110 valence electrons. The Kier molecular flexibility index (Phi) is 12.0. The zero-order chi connectivity index (χ0) is 13.7. The molecule has 1 unspecified atom stereocenters. The second kappa shape index (κ2) is 12.0. The molecule has 1 atom stereocenters. The van der Waals surface area contributed by atoms with Crippen molar-refractivity contribution in [2.24, 2.45) is 0 Å². The second-order valence-electron chi connectivity index (χ2n) is 5.18. The summed E-state index contributed by atoms with van der Waals surface area (Å²) in [5, 5.41) is 1.64. The summed E-state index contributed by atoms with van der Waals surface area (Å²) >= 11 is 0. The van der Waals surface area contributed by atoms with Crippen molar-refractivity contribution in [3.8, 4) is 0 Å². The number of unbranched alkanes of at least 4 members (excludes halogenated alkanes) is 9. The van der Waals surface area contributed by atoms with Gasteiger partial charge in [0, 0.05) is 5.75 Å². The summed E-state index contributed by atoms with van der Waals surface area (Å²) in [6.45, 7) is 4.19. The van der Waals surface area contributed by atoms with Gasteiger partial charge < -0.3 is 4.55 Å². The Labute approximate surface area is 114 Å². The van der Waals surface area contributed by atoms with Gasteiger partial charge in [-0.2, -0.15) is 0 Å². The molecular weight excluding hydrogens is 244 g/mol. The fourth-order valence-electron chi connectivity index (χ4n) is 2.10. The van der Waals surface area contributed by atoms with Crippen LogP contribution in [0.2, 0.25) is 0 Å². The topological polar surface area (TPSA) is 37.3 Å². The van der Waals surface area contributed by atoms with E-state index in [1.807, 2.05) is 6.92 Å². The zero-order valence-electron chi connectivity index (χ0n) is 12.3. The van der Waals surface area contributed by atoms with E-state index < -0.39 is 9.80 Å². The van der Waals surface area contributed by atoms with Gasteiger partial charge in [-0.1, -0.05) is 65.2 Å². The molecule has 0 aromatic heterocycles. The third kappa shape index (κ3) is 12.4. The molecule has 0 aromatic rings. The lowest BCUT2D eigenvalue weighted by Gasteiger charge is -2.02. The van der Waals surface area contributed by atoms with Crippen LogP contribution in [0.5, 0.6) is 0 Å². The minimum absolute atomic E-state index is 0.421. The highest BCUT2D eigenvalue weighted by Gasteiger charge is 1.98. The molecule has 0 aliphatic rings. The van der Waals surface area contributed by atoms with E-state index in [4.69, 9.17) is 0 Å². The summed E-state index contributed by atoms with van der Waals surface area (Å²) < 4.78 is 21.0. The molecule has 0 aliphatic heterocycles. The summed E-state index contributed by atoms with van der Waals surface area (Å²) in [6.07, 6.45) is 13.3. The van der Waals surface area contributed by atoms with Crippen LogP contribution >= 0.6 is 0 Å². The van der Waals surface area contributed by atoms with E-state index in [9.17, 15) is 8.76 Å². The van der Waals surface area contributed by atoms with Gasteiger partial charge in [0.25, 0.3) is 0 Å². The molecule has 3 heteroatoms. The quantitative estimate of drug-likeness (QED) is 0.407. The van der Waals surface area contributed by atoms with Gasteiger partial charge in [-0.15, -0.1) is 0 Å². The Morgan fingerprint density at radius 3 is 1.83 bits per heavy atom. The van der Waals surface area contributed by atoms with Crippen LogP contribution in [0.3, 0.4) is 0 Å². The number of hydrogen-bond acceptors (Lipinski definition) is 1. The third-order valence-electron chi connectivity index (χ3n) is 3.18. The van der Waals surface area contributed by atoms with E-state index in [-0.39, 0.29) is 0 Å². The molecule has 2 nitrogen and oxygen atoms in total. The van der Waals surface area contributed by atoms with Crippen molar-refractivity contribution in [1.82, 2.24) is 0 Å². The highest BCUT2D eigenvalue weighted by atomic mass is 32.2. The van der Waals surface area contributed by atoms with Crippen LogP contribution in [0.15, 0.2) is 0 Å². The molecule has 0 bridgehead atoms. The summed E-state index contributed by atoms with van der Waals surface area (Å²) in [6, 6.07) is 0. The lowest BCUT2D eigenvalue weighted by molar-refractivity contribution is 0.556. The van der Waals surface area contributed by atoms with Crippen molar-refractivity contribution in [2.45, 2.75) is 84.5 Å². The minimum Gasteiger partial charge on any atom is -0.314 e. The smallest absolute Gasteiger partial charge is 0.0776 e. The normalized spacial score (nSPS) is 14.4. The van der Waals surface area contributed by atoms with Crippen molar-refractivity contribution in [2.75, 3.05) is 5.75 Å². The largest absolute Gasteiger partial charge is 0.314 e. The zero-order valence-corrected chi connectivity index (χ0v) is 13.1. The maximum atomic E-state index is 11.5. The minimum atomic E-state index is -2.61. The molecule has 0 saturated heterocycles. The number of rotatable bonds is 12. The van der Waals surface area contributed by atoms with Gasteiger partial charge in [-0.05, 0) is 24.6 Å². The Balaban J connectivity index is 3.33. The molecule has 0 saturated carbocycles. The first-order valence-electron chi connectivity index (χ1n) is 7.70. The first-order valence-corrected chi connectivity index (χ1v) is 9.44. The molecule has 0 radical (unpaired) electrons. The Morgan fingerprint density at radius 1 is 0.833 bits per heavy atom. The van der Waals surface area contributed by atoms with Gasteiger partial charge in [0.05, 0.1) is 9.80 Å². The molecule has 0 heterocycles. The first kappa shape index (κ1) is 18.0. The molecule has 1 N–H and O–H groups in total. The fourth-order valence-corrected chi connectivity index (χ4v) is 3.38. The van der Waals surface area contributed by atoms with Crippen LogP contribution in [0.25, 0.3) is 0 Å². The van der Waals surface area contributed by atoms with Crippen LogP contribution in [0.1, 0.15) is 84.5 Å². The van der Waals surface area contributed by atoms with Gasteiger partial charge in [0.1, 0.15) is 0 Å². The Morgan fingerprint density at radius 2 is 1.33 bits per heavy atom. The highest BCUT2D eigenvalue weighted by molar-refractivity contribution is 7.96. The lowest BCUT2D eigenvalue weighted by Crippen LogP contribution is -2.06. The van der Waals surface area contributed by atoms with Crippen molar-refractivity contribution in [3.63, 3.8) is 0 Å². The Hall–Kier alpha value is -0.0200. The van der Waals surface area contributed by atoms with Crippen molar-refractivity contribution in [1.29, 1.82) is 0 Å². The molecule has 0 amide bonds. The standard InChI is InChI=1S/C15H32O2S/c1-3-5-6-7-8-9-10-11-12-13-15-18(16,17)14-4-2/h15H,3-14H2,1-2H3,(H,16,17). The van der Waals surface area contributed by atoms with E-state index in [1.54, 1.807) is 5.37 Å². The molecule has 0 aromatic carbocycles.